The van der Waals surface area contributed by atoms with Gasteiger partial charge in [-0.2, -0.15) is 0 Å². The summed E-state index contributed by atoms with van der Waals surface area (Å²) in [7, 11) is 0. The average molecular weight is 591 g/mol. The fourth-order valence-corrected chi connectivity index (χ4v) is 7.45. The summed E-state index contributed by atoms with van der Waals surface area (Å²) < 4.78 is 4.77. The number of hydrogen-bond acceptors (Lipinski definition) is 2. The molecular formula is C28H36Cl3CrN2O2+. The van der Waals surface area contributed by atoms with Crippen LogP contribution in [0.25, 0.3) is 0 Å². The molecule has 1 aliphatic carbocycles. The number of fused-ring (bicyclic) bond motifs is 1. The molecule has 8 heteroatoms. The fourth-order valence-electron chi connectivity index (χ4n) is 5.01. The minimum Gasteiger partial charge on any atom is -1.00 e. The van der Waals surface area contributed by atoms with E-state index < -0.39 is 0 Å². The first kappa shape index (κ1) is 29.3. The van der Waals surface area contributed by atoms with E-state index in [0.29, 0.717) is 33.6 Å². The number of hydrogen-bond donors (Lipinski definition) is 2. The van der Waals surface area contributed by atoms with Crippen LogP contribution in [0.2, 0.25) is 10.0 Å². The normalized spacial score (nSPS) is 22.6. The molecule has 1 saturated heterocycles. The van der Waals surface area contributed by atoms with Crippen molar-refractivity contribution in [3.63, 3.8) is 0 Å². The molecule has 196 valence electrons. The van der Waals surface area contributed by atoms with E-state index in [9.17, 15) is 10.2 Å². The number of phenols is 2. The molecule has 2 aromatic rings. The Morgan fingerprint density at radius 2 is 1.11 bits per heavy atom. The van der Waals surface area contributed by atoms with Crippen LogP contribution in [0.4, 0.5) is 0 Å². The average Bonchev–Trinajstić information content (AvgIpc) is 3.08. The Kier molecular flexibility index (Phi) is 8.86. The summed E-state index contributed by atoms with van der Waals surface area (Å²) in [6, 6.07) is 8.15. The van der Waals surface area contributed by atoms with Gasteiger partial charge in [-0.1, -0.05) is 0 Å². The van der Waals surface area contributed by atoms with Gasteiger partial charge in [-0.3, -0.25) is 0 Å². The third kappa shape index (κ3) is 6.08. The molecule has 2 atom stereocenters. The van der Waals surface area contributed by atoms with Gasteiger partial charge in [0, 0.05) is 0 Å². The molecule has 0 radical (unpaired) electrons. The second-order valence-electron chi connectivity index (χ2n) is 11.8. The first-order chi connectivity index (χ1) is 16.3. The van der Waals surface area contributed by atoms with Crippen LogP contribution in [0, 0.1) is 0 Å². The molecule has 1 aliphatic heterocycles. The Balaban J connectivity index is 0.00000361. The Bertz CT molecular complexity index is 1120. The summed E-state index contributed by atoms with van der Waals surface area (Å²) in [4.78, 5) is 0. The molecule has 4 nitrogen and oxygen atoms in total. The van der Waals surface area contributed by atoms with Crippen molar-refractivity contribution in [2.24, 2.45) is 0 Å². The number of phenolic OH excluding ortho intramolecular Hbond substituents is 2. The molecule has 2 N–H and O–H groups in total. The Hall–Kier alpha value is -1.22. The second kappa shape index (κ2) is 10.9. The van der Waals surface area contributed by atoms with Gasteiger partial charge in [0.05, 0.1) is 0 Å². The summed E-state index contributed by atoms with van der Waals surface area (Å²) in [5.41, 5.74) is 2.80. The topological polar surface area (TPSA) is 46.5 Å². The van der Waals surface area contributed by atoms with E-state index in [1.165, 1.54) is 12.8 Å². The zero-order chi connectivity index (χ0) is 25.7. The van der Waals surface area contributed by atoms with Crippen molar-refractivity contribution in [3.8, 4) is 11.5 Å². The summed E-state index contributed by atoms with van der Waals surface area (Å²) in [6.45, 7) is 12.5. The third-order valence-electron chi connectivity index (χ3n) is 6.89. The first-order valence-corrected chi connectivity index (χ1v) is 14.2. The molecule has 1 saturated carbocycles. The van der Waals surface area contributed by atoms with E-state index >= 15 is 0 Å². The van der Waals surface area contributed by atoms with Crippen LogP contribution in [0.1, 0.15) is 89.5 Å². The summed E-state index contributed by atoms with van der Waals surface area (Å²) in [5, 5.41) is 23.5. The molecule has 2 aromatic carbocycles. The number of benzene rings is 2. The third-order valence-corrected chi connectivity index (χ3v) is 9.09. The van der Waals surface area contributed by atoms with Gasteiger partial charge in [0.25, 0.3) is 0 Å². The predicted molar refractivity (Wildman–Crippen MR) is 141 cm³/mol. The van der Waals surface area contributed by atoms with E-state index in [1.807, 2.05) is 24.3 Å². The van der Waals surface area contributed by atoms with E-state index in [1.54, 1.807) is 0 Å². The van der Waals surface area contributed by atoms with Gasteiger partial charge in [-0.05, 0) is 0 Å². The zero-order valence-corrected chi connectivity index (χ0v) is 25.3. The van der Waals surface area contributed by atoms with Crippen molar-refractivity contribution in [1.82, 2.24) is 0 Å². The number of nitrogens with zero attached hydrogens (tertiary/aromatic N) is 2. The van der Waals surface area contributed by atoms with Gasteiger partial charge in [0.1, 0.15) is 0 Å². The molecule has 2 aliphatic rings. The minimum absolute atomic E-state index is 0. The van der Waals surface area contributed by atoms with Gasteiger partial charge < -0.3 is 12.4 Å². The first-order valence-electron chi connectivity index (χ1n) is 12.3. The van der Waals surface area contributed by atoms with Crippen molar-refractivity contribution in [3.05, 3.63) is 56.6 Å². The van der Waals surface area contributed by atoms with Gasteiger partial charge >= 0.3 is 227 Å². The summed E-state index contributed by atoms with van der Waals surface area (Å²) in [5.74, 6) is 0.601. The summed E-state index contributed by atoms with van der Waals surface area (Å²) in [6.07, 6.45) is 8.78. The smallest absolute Gasteiger partial charge is 1.00 e. The maximum Gasteiger partial charge on any atom is -1.00 e. The van der Waals surface area contributed by atoms with Crippen molar-refractivity contribution in [2.75, 3.05) is 0 Å². The fraction of sp³-hybridized carbons (Fsp3) is 0.500. The predicted octanol–water partition coefficient (Wildman–Crippen LogP) is 3.80. The number of rotatable bonds is 2. The number of halogens is 3. The van der Waals surface area contributed by atoms with Gasteiger partial charge in [0.2, 0.25) is 0 Å². The Morgan fingerprint density at radius 1 is 0.750 bits per heavy atom. The Labute approximate surface area is 238 Å². The Morgan fingerprint density at radius 3 is 1.44 bits per heavy atom. The molecule has 0 spiro atoms. The SMILES string of the molecule is CC(C)(C)c1cc(Cl)cc(C=[N+]2[Cr][N+](=Cc3cc(Cl)cc(C(C)(C)C)c3O)[C@@H]3CCCC[C@H]32)c1O.[Cl-]. The minimum atomic E-state index is -0.213. The number of aromatic hydroxyl groups is 2. The van der Waals surface area contributed by atoms with Crippen molar-refractivity contribution in [1.29, 1.82) is 0 Å². The van der Waals surface area contributed by atoms with Crippen molar-refractivity contribution >= 4 is 35.6 Å². The monoisotopic (exact) mass is 589 g/mol. The van der Waals surface area contributed by atoms with Crippen LogP contribution < -0.4 is 12.4 Å². The molecule has 0 aromatic heterocycles. The quantitative estimate of drug-likeness (QED) is 0.559. The molecule has 4 rings (SSSR count). The van der Waals surface area contributed by atoms with Crippen LogP contribution >= 0.6 is 23.2 Å². The van der Waals surface area contributed by atoms with E-state index in [-0.39, 0.29) is 38.9 Å². The van der Waals surface area contributed by atoms with Crippen molar-refractivity contribution < 1.29 is 45.4 Å². The van der Waals surface area contributed by atoms with E-state index in [4.69, 9.17) is 23.2 Å². The van der Waals surface area contributed by atoms with Crippen LogP contribution in [-0.2, 0) is 26.5 Å². The standard InChI is InChI=1S/C28H36Cl2N2O2.ClH.Cr/c1-27(2,3)21-13-19(29)11-17(25(21)33)15-31-23-9-7-8-10-24(23)32-16-18-12-20(30)14-22(26(18)34)28(4,5)6;;/h11-16,23-24,33-34H,7-10H2,1-6H3;1H;/q;;+2/p-1/t23-,24-;;/m1../s1. The second-order valence-corrected chi connectivity index (χ2v) is 14.2. The molecule has 0 bridgehead atoms. The van der Waals surface area contributed by atoms with Crippen LogP contribution in [0.15, 0.2) is 24.3 Å². The van der Waals surface area contributed by atoms with E-state index in [2.05, 4.69) is 61.1 Å². The van der Waals surface area contributed by atoms with Gasteiger partial charge in [-0.25, -0.2) is 0 Å². The maximum atomic E-state index is 11.1. The van der Waals surface area contributed by atoms with Crippen LogP contribution in [-0.4, -0.2) is 41.8 Å². The van der Waals surface area contributed by atoms with E-state index in [0.717, 1.165) is 35.1 Å². The molecular weight excluding hydrogens is 555 g/mol. The molecule has 0 amide bonds. The van der Waals surface area contributed by atoms with Crippen molar-refractivity contribution in [2.45, 2.75) is 90.1 Å². The summed E-state index contributed by atoms with van der Waals surface area (Å²) >= 11 is 12.9. The van der Waals surface area contributed by atoms with Gasteiger partial charge in [0.15, 0.2) is 0 Å². The molecule has 1 heterocycles. The van der Waals surface area contributed by atoms with Crippen LogP contribution in [0.5, 0.6) is 11.5 Å². The van der Waals surface area contributed by atoms with Gasteiger partial charge in [-0.15, -0.1) is 0 Å². The zero-order valence-electron chi connectivity index (χ0n) is 21.8. The molecule has 2 fully saturated rings. The van der Waals surface area contributed by atoms with Crippen LogP contribution in [0.3, 0.4) is 0 Å². The maximum absolute atomic E-state index is 11.1. The molecule has 0 unspecified atom stereocenters. The molecule has 36 heavy (non-hydrogen) atoms. The largest absolute Gasteiger partial charge is 1.00 e.